The van der Waals surface area contributed by atoms with Gasteiger partial charge in [-0.15, -0.1) is 0 Å². The highest BCUT2D eigenvalue weighted by atomic mass is 16.5. The van der Waals surface area contributed by atoms with E-state index in [2.05, 4.69) is 12.2 Å². The lowest BCUT2D eigenvalue weighted by atomic mass is 10.1. The lowest BCUT2D eigenvalue weighted by Gasteiger charge is -2.04. The molecule has 0 aliphatic carbocycles. The third-order valence-electron chi connectivity index (χ3n) is 2.58. The third-order valence-corrected chi connectivity index (χ3v) is 2.58. The maximum atomic E-state index is 11.8. The van der Waals surface area contributed by atoms with Crippen LogP contribution < -0.4 is 5.32 Å². The van der Waals surface area contributed by atoms with Crippen LogP contribution in [0.2, 0.25) is 0 Å². The predicted molar refractivity (Wildman–Crippen MR) is 69.5 cm³/mol. The average Bonchev–Trinajstić information content (AvgIpc) is 2.36. The third kappa shape index (κ3) is 5.11. The fourth-order valence-electron chi connectivity index (χ4n) is 1.62. The van der Waals surface area contributed by atoms with E-state index in [0.29, 0.717) is 19.7 Å². The summed E-state index contributed by atoms with van der Waals surface area (Å²) in [6.07, 6.45) is 2.20. The van der Waals surface area contributed by atoms with Crippen LogP contribution in [0.3, 0.4) is 0 Å². The number of benzene rings is 1. The number of hydrogen-bond acceptors (Lipinski definition) is 3. The molecule has 0 atom stereocenters. The van der Waals surface area contributed by atoms with Crippen LogP contribution in [0.15, 0.2) is 24.3 Å². The standard InChI is InChI=1S/C14H21NO2/c1-3-4-12-5-7-13(8-6-12)14(16)11-15-9-10-17-2/h5-8,15H,3-4,9-11H2,1-2H3. The van der Waals surface area contributed by atoms with E-state index in [9.17, 15) is 4.79 Å². The van der Waals surface area contributed by atoms with Crippen molar-refractivity contribution in [2.75, 3.05) is 26.8 Å². The second-order valence-corrected chi connectivity index (χ2v) is 4.04. The fourth-order valence-corrected chi connectivity index (χ4v) is 1.62. The zero-order valence-electron chi connectivity index (χ0n) is 10.7. The van der Waals surface area contributed by atoms with Gasteiger partial charge in [-0.1, -0.05) is 37.6 Å². The number of hydrogen-bond donors (Lipinski definition) is 1. The zero-order chi connectivity index (χ0) is 12.5. The van der Waals surface area contributed by atoms with Crippen molar-refractivity contribution < 1.29 is 9.53 Å². The van der Waals surface area contributed by atoms with Crippen LogP contribution in [0.4, 0.5) is 0 Å². The van der Waals surface area contributed by atoms with E-state index >= 15 is 0 Å². The van der Waals surface area contributed by atoms with Crippen LogP contribution in [0, 0.1) is 0 Å². The van der Waals surface area contributed by atoms with Crippen molar-refractivity contribution in [3.8, 4) is 0 Å². The quantitative estimate of drug-likeness (QED) is 0.553. The van der Waals surface area contributed by atoms with Crippen molar-refractivity contribution in [1.82, 2.24) is 5.32 Å². The Bertz CT molecular complexity index is 333. The Labute approximate surface area is 103 Å². The van der Waals surface area contributed by atoms with Gasteiger partial charge in [0.2, 0.25) is 0 Å². The summed E-state index contributed by atoms with van der Waals surface area (Å²) in [4.78, 5) is 11.8. The first kappa shape index (κ1) is 13.9. The number of carbonyl (C=O) groups is 1. The molecule has 0 heterocycles. The number of aryl methyl sites for hydroxylation is 1. The first-order valence-corrected chi connectivity index (χ1v) is 6.09. The average molecular weight is 235 g/mol. The second kappa shape index (κ2) is 7.98. The largest absolute Gasteiger partial charge is 0.383 e. The molecule has 0 saturated carbocycles. The lowest BCUT2D eigenvalue weighted by Crippen LogP contribution is -2.26. The number of Topliss-reactive ketones (excluding diaryl/α,β-unsaturated/α-hetero) is 1. The number of methoxy groups -OCH3 is 1. The number of rotatable bonds is 8. The molecule has 3 heteroatoms. The number of ketones is 1. The molecule has 1 rings (SSSR count). The zero-order valence-corrected chi connectivity index (χ0v) is 10.7. The summed E-state index contributed by atoms with van der Waals surface area (Å²) in [5.74, 6) is 0.129. The van der Waals surface area contributed by atoms with Crippen molar-refractivity contribution in [3.63, 3.8) is 0 Å². The molecule has 1 aromatic carbocycles. The molecule has 1 N–H and O–H groups in total. The molecule has 0 unspecified atom stereocenters. The van der Waals surface area contributed by atoms with Gasteiger partial charge in [0.15, 0.2) is 5.78 Å². The lowest BCUT2D eigenvalue weighted by molar-refractivity contribution is 0.0987. The molecule has 0 spiro atoms. The number of carbonyl (C=O) groups excluding carboxylic acids is 1. The Hall–Kier alpha value is -1.19. The summed E-state index contributed by atoms with van der Waals surface area (Å²) < 4.78 is 4.90. The molecule has 1 aromatic rings. The second-order valence-electron chi connectivity index (χ2n) is 4.04. The first-order chi connectivity index (χ1) is 8.27. The molecule has 0 amide bonds. The highest BCUT2D eigenvalue weighted by Gasteiger charge is 2.04. The predicted octanol–water partition coefficient (Wildman–Crippen LogP) is 2.06. The van der Waals surface area contributed by atoms with Gasteiger partial charge in [0.25, 0.3) is 0 Å². The van der Waals surface area contributed by atoms with Gasteiger partial charge in [-0.25, -0.2) is 0 Å². The summed E-state index contributed by atoms with van der Waals surface area (Å²) in [6, 6.07) is 7.88. The van der Waals surface area contributed by atoms with E-state index in [1.807, 2.05) is 24.3 Å². The minimum Gasteiger partial charge on any atom is -0.383 e. The Morgan fingerprint density at radius 3 is 2.59 bits per heavy atom. The van der Waals surface area contributed by atoms with Crippen LogP contribution >= 0.6 is 0 Å². The van der Waals surface area contributed by atoms with E-state index in [1.165, 1.54) is 5.56 Å². The molecule has 94 valence electrons. The van der Waals surface area contributed by atoms with Crippen LogP contribution in [-0.2, 0) is 11.2 Å². The summed E-state index contributed by atoms with van der Waals surface area (Å²) >= 11 is 0. The van der Waals surface area contributed by atoms with Crippen molar-refractivity contribution in [1.29, 1.82) is 0 Å². The Morgan fingerprint density at radius 2 is 2.00 bits per heavy atom. The van der Waals surface area contributed by atoms with Gasteiger partial charge in [-0.2, -0.15) is 0 Å². The maximum absolute atomic E-state index is 11.8. The van der Waals surface area contributed by atoms with Crippen molar-refractivity contribution in [3.05, 3.63) is 35.4 Å². The smallest absolute Gasteiger partial charge is 0.176 e. The fraction of sp³-hybridized carbons (Fsp3) is 0.500. The Balaban J connectivity index is 2.40. The molecule has 3 nitrogen and oxygen atoms in total. The normalized spacial score (nSPS) is 10.5. The molecule has 0 aliphatic rings. The summed E-state index contributed by atoms with van der Waals surface area (Å²) in [6.45, 7) is 3.86. The SMILES string of the molecule is CCCc1ccc(C(=O)CNCCOC)cc1. The van der Waals surface area contributed by atoms with E-state index in [-0.39, 0.29) is 5.78 Å². The molecular weight excluding hydrogens is 214 g/mol. The molecule has 0 aliphatic heterocycles. The van der Waals surface area contributed by atoms with Crippen molar-refractivity contribution in [2.24, 2.45) is 0 Å². The molecule has 17 heavy (non-hydrogen) atoms. The highest BCUT2D eigenvalue weighted by molar-refractivity contribution is 5.97. The minimum atomic E-state index is 0.129. The van der Waals surface area contributed by atoms with E-state index in [4.69, 9.17) is 4.74 Å². The van der Waals surface area contributed by atoms with E-state index < -0.39 is 0 Å². The number of ether oxygens (including phenoxy) is 1. The highest BCUT2D eigenvalue weighted by Crippen LogP contribution is 2.07. The van der Waals surface area contributed by atoms with Gasteiger partial charge in [-0.3, -0.25) is 4.79 Å². The molecule has 0 radical (unpaired) electrons. The first-order valence-electron chi connectivity index (χ1n) is 6.09. The Morgan fingerprint density at radius 1 is 1.29 bits per heavy atom. The van der Waals surface area contributed by atoms with Crippen LogP contribution in [0.5, 0.6) is 0 Å². The van der Waals surface area contributed by atoms with Crippen molar-refractivity contribution >= 4 is 5.78 Å². The van der Waals surface area contributed by atoms with Crippen LogP contribution in [0.1, 0.15) is 29.3 Å². The van der Waals surface area contributed by atoms with E-state index in [0.717, 1.165) is 18.4 Å². The minimum absolute atomic E-state index is 0.129. The molecular formula is C14H21NO2. The van der Waals surface area contributed by atoms with E-state index in [1.54, 1.807) is 7.11 Å². The van der Waals surface area contributed by atoms with Gasteiger partial charge in [0.05, 0.1) is 13.2 Å². The molecule has 0 fully saturated rings. The van der Waals surface area contributed by atoms with Gasteiger partial charge in [0.1, 0.15) is 0 Å². The number of nitrogens with one attached hydrogen (secondary N) is 1. The van der Waals surface area contributed by atoms with Gasteiger partial charge in [-0.05, 0) is 12.0 Å². The van der Waals surface area contributed by atoms with Crippen LogP contribution in [-0.4, -0.2) is 32.6 Å². The maximum Gasteiger partial charge on any atom is 0.176 e. The summed E-state index contributed by atoms with van der Waals surface area (Å²) in [7, 11) is 1.65. The monoisotopic (exact) mass is 235 g/mol. The Kier molecular flexibility index (Phi) is 6.51. The van der Waals surface area contributed by atoms with Crippen molar-refractivity contribution in [2.45, 2.75) is 19.8 Å². The van der Waals surface area contributed by atoms with Gasteiger partial charge >= 0.3 is 0 Å². The summed E-state index contributed by atoms with van der Waals surface area (Å²) in [5.41, 5.74) is 2.06. The topological polar surface area (TPSA) is 38.3 Å². The summed E-state index contributed by atoms with van der Waals surface area (Å²) in [5, 5.41) is 3.05. The molecule has 0 bridgehead atoms. The van der Waals surface area contributed by atoms with Crippen LogP contribution in [0.25, 0.3) is 0 Å². The van der Waals surface area contributed by atoms with Gasteiger partial charge < -0.3 is 10.1 Å². The van der Waals surface area contributed by atoms with Gasteiger partial charge in [0, 0.05) is 19.2 Å². The molecule has 0 saturated heterocycles. The molecule has 0 aromatic heterocycles.